The highest BCUT2D eigenvalue weighted by Gasteiger charge is 2.27. The summed E-state index contributed by atoms with van der Waals surface area (Å²) < 4.78 is 0. The molecule has 2 heteroatoms. The molecule has 0 N–H and O–H groups in total. The van der Waals surface area contributed by atoms with Crippen molar-refractivity contribution in [1.82, 2.24) is 0 Å². The quantitative estimate of drug-likeness (QED) is 0.666. The zero-order chi connectivity index (χ0) is 14.0. The monoisotopic (exact) mass is 277 g/mol. The summed E-state index contributed by atoms with van der Waals surface area (Å²) in [4.78, 5) is 1.25. The highest BCUT2D eigenvalue weighted by Crippen LogP contribution is 2.31. The number of fused-ring (bicyclic) bond motifs is 1. The number of benzene rings is 2. The van der Waals surface area contributed by atoms with E-state index < -0.39 is 5.41 Å². The van der Waals surface area contributed by atoms with Crippen LogP contribution in [0.15, 0.2) is 60.0 Å². The van der Waals surface area contributed by atoms with Crippen LogP contribution in [0.4, 0.5) is 0 Å². The Labute approximate surface area is 123 Å². The molecule has 1 atom stereocenters. The van der Waals surface area contributed by atoms with Gasteiger partial charge in [0.05, 0.1) is 11.5 Å². The van der Waals surface area contributed by atoms with Gasteiger partial charge >= 0.3 is 0 Å². The number of hydrogen-bond donors (Lipinski definition) is 0. The van der Waals surface area contributed by atoms with E-state index in [0.29, 0.717) is 0 Å². The van der Waals surface area contributed by atoms with Crippen LogP contribution in [0.25, 0.3) is 10.8 Å². The summed E-state index contributed by atoms with van der Waals surface area (Å²) in [5.41, 5.74) is 0.613. The van der Waals surface area contributed by atoms with Gasteiger partial charge in [0, 0.05) is 11.3 Å². The van der Waals surface area contributed by atoms with Gasteiger partial charge in [-0.1, -0.05) is 42.5 Å². The molecule has 0 aliphatic heterocycles. The molecular formula is C18H15NS. The summed E-state index contributed by atoms with van der Waals surface area (Å²) in [7, 11) is 0. The van der Waals surface area contributed by atoms with Crippen molar-refractivity contribution in [3.8, 4) is 6.07 Å². The first-order valence-electron chi connectivity index (χ1n) is 6.64. The van der Waals surface area contributed by atoms with E-state index in [1.165, 1.54) is 15.6 Å². The molecule has 3 aromatic rings. The molecule has 98 valence electrons. The minimum atomic E-state index is -0.477. The minimum absolute atomic E-state index is 0.477. The predicted molar refractivity (Wildman–Crippen MR) is 84.9 cm³/mol. The highest BCUT2D eigenvalue weighted by atomic mass is 32.1. The lowest BCUT2D eigenvalue weighted by molar-refractivity contribution is 0.613. The third-order valence-electron chi connectivity index (χ3n) is 3.74. The van der Waals surface area contributed by atoms with E-state index in [1.54, 1.807) is 11.3 Å². The number of rotatable bonds is 3. The van der Waals surface area contributed by atoms with Gasteiger partial charge in [-0.25, -0.2) is 0 Å². The summed E-state index contributed by atoms with van der Waals surface area (Å²) in [5.74, 6) is 0. The standard InChI is InChI=1S/C18H15NS/c1-18(13-19,12-17-7-4-10-20-17)16-9-8-14-5-2-3-6-15(14)11-16/h2-11H,12H2,1H3. The van der Waals surface area contributed by atoms with Crippen molar-refractivity contribution in [3.05, 3.63) is 70.4 Å². The van der Waals surface area contributed by atoms with E-state index >= 15 is 0 Å². The van der Waals surface area contributed by atoms with Gasteiger partial charge in [0.15, 0.2) is 0 Å². The van der Waals surface area contributed by atoms with Crippen molar-refractivity contribution >= 4 is 22.1 Å². The van der Waals surface area contributed by atoms with Gasteiger partial charge in [0.25, 0.3) is 0 Å². The lowest BCUT2D eigenvalue weighted by Crippen LogP contribution is -2.22. The first-order chi connectivity index (χ1) is 9.71. The van der Waals surface area contributed by atoms with Gasteiger partial charge in [0.2, 0.25) is 0 Å². The molecule has 1 unspecified atom stereocenters. The maximum atomic E-state index is 9.66. The number of hydrogen-bond acceptors (Lipinski definition) is 2. The Morgan fingerprint density at radius 2 is 1.85 bits per heavy atom. The van der Waals surface area contributed by atoms with Gasteiger partial charge < -0.3 is 0 Å². The molecule has 0 saturated heterocycles. The van der Waals surface area contributed by atoms with Crippen LogP contribution in [0.3, 0.4) is 0 Å². The average Bonchev–Trinajstić information content (AvgIpc) is 2.99. The average molecular weight is 277 g/mol. The van der Waals surface area contributed by atoms with Crippen molar-refractivity contribution in [2.75, 3.05) is 0 Å². The summed E-state index contributed by atoms with van der Waals surface area (Å²) >= 11 is 1.71. The Morgan fingerprint density at radius 3 is 2.55 bits per heavy atom. The molecule has 0 amide bonds. The van der Waals surface area contributed by atoms with Gasteiger partial charge in [-0.2, -0.15) is 5.26 Å². The van der Waals surface area contributed by atoms with E-state index in [-0.39, 0.29) is 0 Å². The van der Waals surface area contributed by atoms with Crippen molar-refractivity contribution in [1.29, 1.82) is 5.26 Å². The van der Waals surface area contributed by atoms with E-state index in [2.05, 4.69) is 47.8 Å². The van der Waals surface area contributed by atoms with Crippen LogP contribution in [0.5, 0.6) is 0 Å². The Kier molecular flexibility index (Phi) is 3.30. The molecule has 2 aromatic carbocycles. The maximum absolute atomic E-state index is 9.66. The fourth-order valence-electron chi connectivity index (χ4n) is 2.50. The van der Waals surface area contributed by atoms with Crippen LogP contribution < -0.4 is 0 Å². The first kappa shape index (κ1) is 12.9. The van der Waals surface area contributed by atoms with Crippen LogP contribution in [0.1, 0.15) is 17.4 Å². The summed E-state index contributed by atoms with van der Waals surface area (Å²) in [5, 5.41) is 14.1. The third-order valence-corrected chi connectivity index (χ3v) is 4.62. The molecule has 3 rings (SSSR count). The molecule has 0 saturated carbocycles. The molecule has 20 heavy (non-hydrogen) atoms. The second-order valence-electron chi connectivity index (χ2n) is 5.26. The van der Waals surface area contributed by atoms with Gasteiger partial charge in [-0.15, -0.1) is 11.3 Å². The van der Waals surface area contributed by atoms with Gasteiger partial charge in [-0.05, 0) is 40.8 Å². The third kappa shape index (κ3) is 2.33. The van der Waals surface area contributed by atoms with E-state index in [1.807, 2.05) is 25.1 Å². The van der Waals surface area contributed by atoms with E-state index in [4.69, 9.17) is 0 Å². The van der Waals surface area contributed by atoms with Crippen LogP contribution in [-0.2, 0) is 11.8 Å². The SMILES string of the molecule is CC(C#N)(Cc1cccs1)c1ccc2ccccc2c1. The smallest absolute Gasteiger partial charge is 0.0842 e. The first-order valence-corrected chi connectivity index (χ1v) is 7.52. The minimum Gasteiger partial charge on any atom is -0.197 e. The van der Waals surface area contributed by atoms with Crippen molar-refractivity contribution in [2.24, 2.45) is 0 Å². The van der Waals surface area contributed by atoms with Crippen molar-refractivity contribution < 1.29 is 0 Å². The Morgan fingerprint density at radius 1 is 1.05 bits per heavy atom. The lowest BCUT2D eigenvalue weighted by Gasteiger charge is -2.22. The molecule has 1 nitrogen and oxygen atoms in total. The molecule has 0 aliphatic carbocycles. The largest absolute Gasteiger partial charge is 0.197 e. The molecule has 0 spiro atoms. The second-order valence-corrected chi connectivity index (χ2v) is 6.29. The van der Waals surface area contributed by atoms with E-state index in [9.17, 15) is 5.26 Å². The molecular weight excluding hydrogens is 262 g/mol. The fraction of sp³-hybridized carbons (Fsp3) is 0.167. The lowest BCUT2D eigenvalue weighted by atomic mass is 9.80. The van der Waals surface area contributed by atoms with Gasteiger partial charge in [-0.3, -0.25) is 0 Å². The molecule has 1 heterocycles. The topological polar surface area (TPSA) is 23.8 Å². The van der Waals surface area contributed by atoms with Crippen LogP contribution in [0, 0.1) is 11.3 Å². The maximum Gasteiger partial charge on any atom is 0.0842 e. The van der Waals surface area contributed by atoms with Crippen molar-refractivity contribution in [2.45, 2.75) is 18.8 Å². The summed E-state index contributed by atoms with van der Waals surface area (Å²) in [6.07, 6.45) is 0.763. The molecule has 0 aliphatic rings. The summed E-state index contributed by atoms with van der Waals surface area (Å²) in [6.45, 7) is 2.02. The zero-order valence-electron chi connectivity index (χ0n) is 11.3. The zero-order valence-corrected chi connectivity index (χ0v) is 12.2. The molecule has 0 radical (unpaired) electrons. The Balaban J connectivity index is 2.04. The van der Waals surface area contributed by atoms with Crippen LogP contribution in [-0.4, -0.2) is 0 Å². The normalized spacial score (nSPS) is 13.8. The van der Waals surface area contributed by atoms with Crippen LogP contribution in [0.2, 0.25) is 0 Å². The number of thiophene rings is 1. The fourth-order valence-corrected chi connectivity index (χ4v) is 3.36. The Hall–Kier alpha value is -2.11. The van der Waals surface area contributed by atoms with E-state index in [0.717, 1.165) is 12.0 Å². The molecule has 0 bridgehead atoms. The predicted octanol–water partition coefficient (Wildman–Crippen LogP) is 4.93. The number of nitriles is 1. The molecule has 0 fully saturated rings. The van der Waals surface area contributed by atoms with Crippen molar-refractivity contribution in [3.63, 3.8) is 0 Å². The molecule has 1 aromatic heterocycles. The van der Waals surface area contributed by atoms with Gasteiger partial charge in [0.1, 0.15) is 0 Å². The summed E-state index contributed by atoms with van der Waals surface area (Å²) in [6, 6.07) is 21.3. The second kappa shape index (κ2) is 5.11. The highest BCUT2D eigenvalue weighted by molar-refractivity contribution is 7.09. The Bertz CT molecular complexity index is 767. The number of nitrogens with zero attached hydrogens (tertiary/aromatic N) is 1. The van der Waals surface area contributed by atoms with Crippen LogP contribution >= 0.6 is 11.3 Å².